The van der Waals surface area contributed by atoms with Gasteiger partial charge in [0.25, 0.3) is 5.91 Å². The van der Waals surface area contributed by atoms with Crippen LogP contribution in [0, 0.1) is 5.82 Å². The smallest absolute Gasteiger partial charge is 0.254 e. The van der Waals surface area contributed by atoms with Gasteiger partial charge in [-0.1, -0.05) is 31.9 Å². The van der Waals surface area contributed by atoms with E-state index in [4.69, 9.17) is 0 Å². The van der Waals surface area contributed by atoms with Crippen LogP contribution in [-0.4, -0.2) is 28.7 Å². The largest absolute Gasteiger partial charge is 0.338 e. The molecule has 1 aromatic rings. The first kappa shape index (κ1) is 13.0. The van der Waals surface area contributed by atoms with Crippen LogP contribution in [0.15, 0.2) is 22.7 Å². The van der Waals surface area contributed by atoms with Crippen LogP contribution in [0.25, 0.3) is 0 Å². The van der Waals surface area contributed by atoms with Gasteiger partial charge in [-0.25, -0.2) is 4.39 Å². The fourth-order valence-corrected chi connectivity index (χ4v) is 3.11. The van der Waals surface area contributed by atoms with Crippen LogP contribution < -0.4 is 0 Å². The zero-order chi connectivity index (χ0) is 12.4. The van der Waals surface area contributed by atoms with Gasteiger partial charge in [0.2, 0.25) is 0 Å². The number of likely N-dealkylation sites (tertiary alicyclic amines) is 1. The molecule has 1 aromatic carbocycles. The highest BCUT2D eigenvalue weighted by atomic mass is 79.9. The van der Waals surface area contributed by atoms with Gasteiger partial charge in [0.15, 0.2) is 0 Å². The molecule has 0 radical (unpaired) electrons. The van der Waals surface area contributed by atoms with Gasteiger partial charge in [0, 0.05) is 28.0 Å². The number of hydrogen-bond acceptors (Lipinski definition) is 1. The van der Waals surface area contributed by atoms with Crippen molar-refractivity contribution in [3.05, 3.63) is 34.1 Å². The molecule has 1 unspecified atom stereocenters. The number of amides is 1. The average Bonchev–Trinajstić information content (AvgIpc) is 2.26. The molecule has 0 aliphatic carbocycles. The molecule has 1 heterocycles. The number of hydrogen-bond donors (Lipinski definition) is 0. The van der Waals surface area contributed by atoms with E-state index < -0.39 is 5.82 Å². The van der Waals surface area contributed by atoms with Crippen molar-refractivity contribution in [3.63, 3.8) is 0 Å². The van der Waals surface area contributed by atoms with Crippen LogP contribution >= 0.6 is 31.9 Å². The molecule has 1 aliphatic heterocycles. The lowest BCUT2D eigenvalue weighted by atomic mass is 10.1. The van der Waals surface area contributed by atoms with Gasteiger partial charge in [0.05, 0.1) is 0 Å². The van der Waals surface area contributed by atoms with Crippen molar-refractivity contribution >= 4 is 37.8 Å². The summed E-state index contributed by atoms with van der Waals surface area (Å²) in [6, 6.07) is 4.29. The Kier molecular flexibility index (Phi) is 4.20. The first-order valence-electron chi connectivity index (χ1n) is 5.45. The van der Waals surface area contributed by atoms with E-state index in [2.05, 4.69) is 31.9 Å². The zero-order valence-electron chi connectivity index (χ0n) is 9.13. The maximum atomic E-state index is 13.2. The minimum absolute atomic E-state index is 0.102. The van der Waals surface area contributed by atoms with Gasteiger partial charge in [-0.15, -0.1) is 0 Å². The molecule has 2 nitrogen and oxygen atoms in total. The third-order valence-corrected chi connectivity index (χ3v) is 3.97. The lowest BCUT2D eigenvalue weighted by molar-refractivity contribution is 0.0729. The summed E-state index contributed by atoms with van der Waals surface area (Å²) in [5, 5.41) is 0. The number of benzene rings is 1. The van der Waals surface area contributed by atoms with Crippen LogP contribution in [0.3, 0.4) is 0 Å². The summed E-state index contributed by atoms with van der Waals surface area (Å²) in [5.74, 6) is -0.496. The summed E-state index contributed by atoms with van der Waals surface area (Å²) in [6.45, 7) is 1.43. The van der Waals surface area contributed by atoms with E-state index >= 15 is 0 Å². The molecule has 0 saturated carbocycles. The van der Waals surface area contributed by atoms with E-state index in [0.29, 0.717) is 21.4 Å². The van der Waals surface area contributed by atoms with E-state index in [1.807, 2.05) is 0 Å². The highest BCUT2D eigenvalue weighted by Gasteiger charge is 2.23. The highest BCUT2D eigenvalue weighted by molar-refractivity contribution is 9.10. The van der Waals surface area contributed by atoms with Crippen molar-refractivity contribution in [3.8, 4) is 0 Å². The topological polar surface area (TPSA) is 20.3 Å². The van der Waals surface area contributed by atoms with Crippen molar-refractivity contribution in [2.24, 2.45) is 0 Å². The van der Waals surface area contributed by atoms with E-state index in [1.54, 1.807) is 11.0 Å². The highest BCUT2D eigenvalue weighted by Crippen LogP contribution is 2.21. The lowest BCUT2D eigenvalue weighted by Gasteiger charge is -2.30. The normalized spacial score (nSPS) is 20.4. The van der Waals surface area contributed by atoms with Crippen molar-refractivity contribution < 1.29 is 9.18 Å². The Bertz CT molecular complexity index is 418. The van der Waals surface area contributed by atoms with E-state index in [-0.39, 0.29) is 5.91 Å². The van der Waals surface area contributed by atoms with Crippen molar-refractivity contribution in [1.82, 2.24) is 4.90 Å². The minimum Gasteiger partial charge on any atom is -0.338 e. The second-order valence-electron chi connectivity index (χ2n) is 4.15. The standard InChI is InChI=1S/C12H12Br2FNO/c13-9-2-1-3-16(7-9)12(17)8-4-10(14)6-11(15)5-8/h4-6,9H,1-3,7H2. The van der Waals surface area contributed by atoms with Crippen molar-refractivity contribution in [2.45, 2.75) is 17.7 Å². The Labute approximate surface area is 116 Å². The quantitative estimate of drug-likeness (QED) is 0.697. The third kappa shape index (κ3) is 3.28. The Balaban J connectivity index is 2.18. The molecule has 1 saturated heterocycles. The predicted octanol–water partition coefficient (Wildman–Crippen LogP) is 3.59. The average molecular weight is 365 g/mol. The molecular formula is C12H12Br2FNO. The van der Waals surface area contributed by atoms with E-state index in [1.165, 1.54) is 12.1 Å². The molecule has 17 heavy (non-hydrogen) atoms. The van der Waals surface area contributed by atoms with Crippen LogP contribution in [0.5, 0.6) is 0 Å². The van der Waals surface area contributed by atoms with Crippen LogP contribution in [0.4, 0.5) is 4.39 Å². The number of alkyl halides is 1. The number of carbonyl (C=O) groups is 1. The SMILES string of the molecule is O=C(c1cc(F)cc(Br)c1)N1CCCC(Br)C1. The first-order chi connectivity index (χ1) is 8.06. The number of nitrogens with zero attached hydrogens (tertiary/aromatic N) is 1. The summed E-state index contributed by atoms with van der Waals surface area (Å²) >= 11 is 6.72. The molecule has 5 heteroatoms. The lowest BCUT2D eigenvalue weighted by Crippen LogP contribution is -2.40. The van der Waals surface area contributed by atoms with Crippen LogP contribution in [0.2, 0.25) is 0 Å². The maximum absolute atomic E-state index is 13.2. The summed E-state index contributed by atoms with van der Waals surface area (Å²) in [6.07, 6.45) is 2.06. The Morgan fingerprint density at radius 2 is 2.18 bits per heavy atom. The predicted molar refractivity (Wildman–Crippen MR) is 72.0 cm³/mol. The zero-order valence-corrected chi connectivity index (χ0v) is 12.3. The van der Waals surface area contributed by atoms with Crippen LogP contribution in [0.1, 0.15) is 23.2 Å². The molecule has 1 fully saturated rings. The number of piperidine rings is 1. The Morgan fingerprint density at radius 1 is 1.41 bits per heavy atom. The van der Waals surface area contributed by atoms with Crippen LogP contribution in [-0.2, 0) is 0 Å². The minimum atomic E-state index is -0.393. The second kappa shape index (κ2) is 5.48. The summed E-state index contributed by atoms with van der Waals surface area (Å²) < 4.78 is 13.8. The first-order valence-corrected chi connectivity index (χ1v) is 7.16. The van der Waals surface area contributed by atoms with Gasteiger partial charge in [-0.2, -0.15) is 0 Å². The fraction of sp³-hybridized carbons (Fsp3) is 0.417. The molecule has 2 rings (SSSR count). The molecule has 0 spiro atoms. The van der Waals surface area contributed by atoms with E-state index in [9.17, 15) is 9.18 Å². The number of halogens is 3. The molecule has 92 valence electrons. The summed E-state index contributed by atoms with van der Waals surface area (Å²) in [4.78, 5) is 14.3. The number of rotatable bonds is 1. The molecule has 1 amide bonds. The monoisotopic (exact) mass is 363 g/mol. The van der Waals surface area contributed by atoms with Gasteiger partial charge in [0.1, 0.15) is 5.82 Å². The molecule has 0 N–H and O–H groups in total. The molecule has 0 bridgehead atoms. The van der Waals surface area contributed by atoms with Crippen molar-refractivity contribution in [2.75, 3.05) is 13.1 Å². The summed E-state index contributed by atoms with van der Waals surface area (Å²) in [7, 11) is 0. The van der Waals surface area contributed by atoms with Gasteiger partial charge in [-0.05, 0) is 31.0 Å². The van der Waals surface area contributed by atoms with Gasteiger partial charge < -0.3 is 4.90 Å². The third-order valence-electron chi connectivity index (χ3n) is 2.76. The number of carbonyl (C=O) groups excluding carboxylic acids is 1. The summed E-state index contributed by atoms with van der Waals surface area (Å²) in [5.41, 5.74) is 0.401. The van der Waals surface area contributed by atoms with Gasteiger partial charge in [-0.3, -0.25) is 4.79 Å². The Hall–Kier alpha value is -0.420. The maximum Gasteiger partial charge on any atom is 0.254 e. The van der Waals surface area contributed by atoms with Crippen molar-refractivity contribution in [1.29, 1.82) is 0 Å². The van der Waals surface area contributed by atoms with E-state index in [0.717, 1.165) is 19.4 Å². The second-order valence-corrected chi connectivity index (χ2v) is 6.36. The fourth-order valence-electron chi connectivity index (χ4n) is 1.97. The molecule has 0 aromatic heterocycles. The Morgan fingerprint density at radius 3 is 2.82 bits per heavy atom. The molecule has 1 atom stereocenters. The van der Waals surface area contributed by atoms with Gasteiger partial charge >= 0.3 is 0 Å². The molecular weight excluding hydrogens is 353 g/mol. The molecule has 1 aliphatic rings.